The molecule has 78 valence electrons. The van der Waals surface area contributed by atoms with Crippen LogP contribution in [0.15, 0.2) is 16.6 Å². The number of ether oxygens (including phenoxy) is 1. The summed E-state index contributed by atoms with van der Waals surface area (Å²) in [4.78, 5) is 0. The van der Waals surface area contributed by atoms with E-state index in [1.165, 1.54) is 6.07 Å². The lowest BCUT2D eigenvalue weighted by atomic mass is 10.0. The summed E-state index contributed by atoms with van der Waals surface area (Å²) in [5.41, 5.74) is 6.56. The van der Waals surface area contributed by atoms with Crippen LogP contribution in [0.4, 0.5) is 4.39 Å². The Morgan fingerprint density at radius 1 is 1.50 bits per heavy atom. The van der Waals surface area contributed by atoms with E-state index in [4.69, 9.17) is 10.5 Å². The summed E-state index contributed by atoms with van der Waals surface area (Å²) >= 11 is 3.22. The SMILES string of the molecule is Cl.N[C@H]1CCOc2c(F)cc(Br)cc21. The van der Waals surface area contributed by atoms with Crippen molar-refractivity contribution in [1.29, 1.82) is 0 Å². The molecule has 1 aromatic rings. The van der Waals surface area contributed by atoms with Crippen LogP contribution in [0, 0.1) is 5.82 Å². The van der Waals surface area contributed by atoms with Gasteiger partial charge in [0.1, 0.15) is 0 Å². The van der Waals surface area contributed by atoms with Gasteiger partial charge in [-0.1, -0.05) is 15.9 Å². The fourth-order valence-electron chi connectivity index (χ4n) is 1.45. The Labute approximate surface area is 96.2 Å². The van der Waals surface area contributed by atoms with Crippen molar-refractivity contribution in [2.24, 2.45) is 5.73 Å². The van der Waals surface area contributed by atoms with E-state index in [1.807, 2.05) is 6.07 Å². The quantitative estimate of drug-likeness (QED) is 0.794. The average molecular weight is 283 g/mol. The molecule has 0 bridgehead atoms. The molecule has 1 aliphatic heterocycles. The van der Waals surface area contributed by atoms with E-state index < -0.39 is 0 Å². The molecule has 5 heteroatoms. The zero-order chi connectivity index (χ0) is 9.42. The first-order chi connectivity index (χ1) is 6.18. The van der Waals surface area contributed by atoms with E-state index in [2.05, 4.69) is 15.9 Å². The van der Waals surface area contributed by atoms with E-state index in [-0.39, 0.29) is 24.3 Å². The van der Waals surface area contributed by atoms with E-state index in [0.29, 0.717) is 16.8 Å². The van der Waals surface area contributed by atoms with Crippen molar-refractivity contribution in [2.75, 3.05) is 6.61 Å². The van der Waals surface area contributed by atoms with Gasteiger partial charge in [0.2, 0.25) is 0 Å². The minimum absolute atomic E-state index is 0. The van der Waals surface area contributed by atoms with E-state index in [0.717, 1.165) is 12.0 Å². The molecule has 0 aliphatic carbocycles. The zero-order valence-electron chi connectivity index (χ0n) is 7.30. The van der Waals surface area contributed by atoms with Gasteiger partial charge in [-0.05, 0) is 12.1 Å². The van der Waals surface area contributed by atoms with Gasteiger partial charge in [-0.3, -0.25) is 0 Å². The van der Waals surface area contributed by atoms with Crippen LogP contribution in [0.3, 0.4) is 0 Å². The van der Waals surface area contributed by atoms with Crippen LogP contribution in [-0.2, 0) is 0 Å². The predicted molar refractivity (Wildman–Crippen MR) is 58.4 cm³/mol. The van der Waals surface area contributed by atoms with Gasteiger partial charge >= 0.3 is 0 Å². The predicted octanol–water partition coefficient (Wildman–Crippen LogP) is 2.79. The fourth-order valence-corrected chi connectivity index (χ4v) is 1.90. The Morgan fingerprint density at radius 3 is 2.93 bits per heavy atom. The molecular weight excluding hydrogens is 272 g/mol. The second kappa shape index (κ2) is 4.47. The van der Waals surface area contributed by atoms with Crippen molar-refractivity contribution < 1.29 is 9.13 Å². The Hall–Kier alpha value is -0.320. The Bertz CT molecular complexity index is 348. The standard InChI is InChI=1S/C9H9BrFNO.ClH/c10-5-3-6-8(12)1-2-13-9(6)7(11)4-5;/h3-4,8H,1-2,12H2;1H/t8-;/m0./s1. The third kappa shape index (κ3) is 2.02. The number of fused-ring (bicyclic) bond motifs is 1. The van der Waals surface area contributed by atoms with Gasteiger partial charge in [0.25, 0.3) is 0 Å². The van der Waals surface area contributed by atoms with Crippen LogP contribution in [0.2, 0.25) is 0 Å². The van der Waals surface area contributed by atoms with Crippen molar-refractivity contribution >= 4 is 28.3 Å². The molecule has 1 heterocycles. The zero-order valence-corrected chi connectivity index (χ0v) is 9.70. The van der Waals surface area contributed by atoms with Gasteiger partial charge < -0.3 is 10.5 Å². The van der Waals surface area contributed by atoms with Crippen LogP contribution in [0.1, 0.15) is 18.0 Å². The van der Waals surface area contributed by atoms with Crippen LogP contribution >= 0.6 is 28.3 Å². The second-order valence-corrected chi connectivity index (χ2v) is 3.97. The molecule has 1 aromatic carbocycles. The molecule has 2 N–H and O–H groups in total. The highest BCUT2D eigenvalue weighted by molar-refractivity contribution is 9.10. The van der Waals surface area contributed by atoms with E-state index in [9.17, 15) is 4.39 Å². The first kappa shape index (κ1) is 11.8. The number of nitrogens with two attached hydrogens (primary N) is 1. The van der Waals surface area contributed by atoms with Gasteiger partial charge in [0.15, 0.2) is 11.6 Å². The molecule has 2 rings (SSSR count). The monoisotopic (exact) mass is 281 g/mol. The molecule has 0 unspecified atom stereocenters. The van der Waals surface area contributed by atoms with Crippen LogP contribution in [-0.4, -0.2) is 6.61 Å². The molecular formula is C9H10BrClFNO. The molecule has 0 spiro atoms. The Morgan fingerprint density at radius 2 is 2.21 bits per heavy atom. The van der Waals surface area contributed by atoms with Gasteiger partial charge in [-0.2, -0.15) is 0 Å². The van der Waals surface area contributed by atoms with E-state index >= 15 is 0 Å². The molecule has 0 saturated carbocycles. The van der Waals surface area contributed by atoms with Crippen LogP contribution in [0.5, 0.6) is 5.75 Å². The third-order valence-electron chi connectivity index (χ3n) is 2.11. The summed E-state index contributed by atoms with van der Waals surface area (Å²) in [6.45, 7) is 0.493. The molecule has 1 atom stereocenters. The summed E-state index contributed by atoms with van der Waals surface area (Å²) in [5.74, 6) is -0.0403. The topological polar surface area (TPSA) is 35.2 Å². The van der Waals surface area contributed by atoms with Crippen molar-refractivity contribution in [3.63, 3.8) is 0 Å². The highest BCUT2D eigenvalue weighted by Gasteiger charge is 2.21. The van der Waals surface area contributed by atoms with Crippen LogP contribution in [0.25, 0.3) is 0 Å². The molecule has 0 fully saturated rings. The fraction of sp³-hybridized carbons (Fsp3) is 0.333. The highest BCUT2D eigenvalue weighted by atomic mass is 79.9. The summed E-state index contributed by atoms with van der Waals surface area (Å²) in [6, 6.07) is 3.08. The normalized spacial score (nSPS) is 19.2. The number of rotatable bonds is 0. The molecule has 0 aromatic heterocycles. The second-order valence-electron chi connectivity index (χ2n) is 3.05. The van der Waals surface area contributed by atoms with Crippen molar-refractivity contribution in [2.45, 2.75) is 12.5 Å². The molecule has 0 saturated heterocycles. The maximum absolute atomic E-state index is 13.3. The lowest BCUT2D eigenvalue weighted by molar-refractivity contribution is 0.255. The van der Waals surface area contributed by atoms with E-state index in [1.54, 1.807) is 0 Å². The van der Waals surface area contributed by atoms with Crippen molar-refractivity contribution in [3.05, 3.63) is 28.0 Å². The lowest BCUT2D eigenvalue weighted by Crippen LogP contribution is -2.21. The number of hydrogen-bond donors (Lipinski definition) is 1. The summed E-state index contributed by atoms with van der Waals surface area (Å²) < 4.78 is 19.2. The first-order valence-corrected chi connectivity index (χ1v) is 4.85. The third-order valence-corrected chi connectivity index (χ3v) is 2.57. The van der Waals surface area contributed by atoms with Crippen LogP contribution < -0.4 is 10.5 Å². The van der Waals surface area contributed by atoms with Gasteiger partial charge in [0.05, 0.1) is 6.61 Å². The molecule has 14 heavy (non-hydrogen) atoms. The minimum Gasteiger partial charge on any atom is -0.490 e. The number of halogens is 3. The van der Waals surface area contributed by atoms with Gasteiger partial charge in [-0.15, -0.1) is 12.4 Å². The molecule has 0 radical (unpaired) electrons. The lowest BCUT2D eigenvalue weighted by Gasteiger charge is -2.23. The average Bonchev–Trinajstić information content (AvgIpc) is 2.07. The first-order valence-electron chi connectivity index (χ1n) is 4.06. The number of hydrogen-bond acceptors (Lipinski definition) is 2. The Balaban J connectivity index is 0.000000980. The van der Waals surface area contributed by atoms with Gasteiger partial charge in [0, 0.05) is 22.5 Å². The maximum atomic E-state index is 13.3. The highest BCUT2D eigenvalue weighted by Crippen LogP contribution is 2.35. The molecule has 1 aliphatic rings. The summed E-state index contributed by atoms with van der Waals surface area (Å²) in [7, 11) is 0. The minimum atomic E-state index is -0.348. The molecule has 0 amide bonds. The molecule has 2 nitrogen and oxygen atoms in total. The van der Waals surface area contributed by atoms with Gasteiger partial charge in [-0.25, -0.2) is 4.39 Å². The van der Waals surface area contributed by atoms with Crippen molar-refractivity contribution in [3.8, 4) is 5.75 Å². The number of benzene rings is 1. The largest absolute Gasteiger partial charge is 0.490 e. The summed E-state index contributed by atoms with van der Waals surface area (Å²) in [5, 5.41) is 0. The maximum Gasteiger partial charge on any atom is 0.166 e. The summed E-state index contributed by atoms with van der Waals surface area (Å²) in [6.07, 6.45) is 0.739. The smallest absolute Gasteiger partial charge is 0.166 e. The van der Waals surface area contributed by atoms with Crippen molar-refractivity contribution in [1.82, 2.24) is 0 Å². The Kier molecular flexibility index (Phi) is 3.75.